The summed E-state index contributed by atoms with van der Waals surface area (Å²) in [5, 5.41) is 0.551. The van der Waals surface area contributed by atoms with Gasteiger partial charge in [-0.05, 0) is 40.8 Å². The molecule has 0 bridgehead atoms. The highest BCUT2D eigenvalue weighted by Crippen LogP contribution is 2.30. The molecule has 0 fully saturated rings. The van der Waals surface area contributed by atoms with Gasteiger partial charge in [-0.3, -0.25) is 0 Å². The monoisotopic (exact) mass is 361 g/mol. The zero-order chi connectivity index (χ0) is 12.3. The molecule has 0 aliphatic carbocycles. The number of ether oxygens (including phenoxy) is 2. The van der Waals surface area contributed by atoms with Gasteiger partial charge in [-0.2, -0.15) is 0 Å². The number of benzene rings is 1. The van der Waals surface area contributed by atoms with Gasteiger partial charge in [0, 0.05) is 21.9 Å². The molecule has 2 aromatic rings. The lowest BCUT2D eigenvalue weighted by atomic mass is 10.3. The lowest BCUT2D eigenvalue weighted by molar-refractivity contribution is 0.407. The van der Waals surface area contributed by atoms with Gasteiger partial charge in [0.15, 0.2) is 0 Å². The first kappa shape index (κ1) is 12.4. The second kappa shape index (κ2) is 5.55. The average molecular weight is 362 g/mol. The van der Waals surface area contributed by atoms with Gasteiger partial charge in [-0.15, -0.1) is 0 Å². The second-order valence-electron chi connectivity index (χ2n) is 3.21. The van der Waals surface area contributed by atoms with E-state index in [2.05, 4.69) is 27.6 Å². The Balaban J connectivity index is 2.24. The first-order valence-electron chi connectivity index (χ1n) is 4.82. The lowest BCUT2D eigenvalue weighted by Gasteiger charge is -2.07. The molecule has 0 unspecified atom stereocenters. The van der Waals surface area contributed by atoms with Crippen LogP contribution in [0.15, 0.2) is 36.5 Å². The van der Waals surface area contributed by atoms with Crippen LogP contribution in [0.5, 0.6) is 17.4 Å². The maximum absolute atomic E-state index is 5.93. The molecule has 0 spiro atoms. The molecule has 2 rings (SSSR count). The van der Waals surface area contributed by atoms with Gasteiger partial charge >= 0.3 is 0 Å². The molecule has 88 valence electrons. The van der Waals surface area contributed by atoms with Crippen LogP contribution >= 0.6 is 34.2 Å². The summed E-state index contributed by atoms with van der Waals surface area (Å²) in [6.07, 6.45) is 1.70. The minimum atomic E-state index is 0.543. The molecule has 0 aliphatic rings. The van der Waals surface area contributed by atoms with Crippen molar-refractivity contribution in [2.45, 2.75) is 0 Å². The van der Waals surface area contributed by atoms with Crippen molar-refractivity contribution >= 4 is 34.2 Å². The summed E-state index contributed by atoms with van der Waals surface area (Å²) < 4.78 is 11.8. The molecule has 1 aromatic heterocycles. The number of pyridine rings is 1. The molecule has 0 saturated carbocycles. The lowest BCUT2D eigenvalue weighted by Crippen LogP contribution is -1.90. The van der Waals surface area contributed by atoms with Gasteiger partial charge in [0.1, 0.15) is 11.5 Å². The van der Waals surface area contributed by atoms with E-state index in [0.717, 1.165) is 3.57 Å². The smallest absolute Gasteiger partial charge is 0.220 e. The van der Waals surface area contributed by atoms with Gasteiger partial charge < -0.3 is 9.47 Å². The van der Waals surface area contributed by atoms with Crippen molar-refractivity contribution in [3.8, 4) is 17.4 Å². The Hall–Kier alpha value is -1.01. The number of halogens is 2. The molecule has 17 heavy (non-hydrogen) atoms. The fraction of sp³-hybridized carbons (Fsp3) is 0.0833. The molecule has 0 atom stereocenters. The van der Waals surface area contributed by atoms with Crippen molar-refractivity contribution in [3.63, 3.8) is 0 Å². The number of hydrogen-bond acceptors (Lipinski definition) is 3. The topological polar surface area (TPSA) is 31.4 Å². The summed E-state index contributed by atoms with van der Waals surface area (Å²) in [6.45, 7) is 0. The van der Waals surface area contributed by atoms with Gasteiger partial charge in [0.05, 0.1) is 12.1 Å². The fourth-order valence-corrected chi connectivity index (χ4v) is 1.89. The van der Waals surface area contributed by atoms with E-state index in [9.17, 15) is 0 Å². The van der Waals surface area contributed by atoms with E-state index in [1.54, 1.807) is 31.5 Å². The summed E-state index contributed by atoms with van der Waals surface area (Å²) in [5.41, 5.74) is 0. The van der Waals surface area contributed by atoms with Gasteiger partial charge in [0.25, 0.3) is 0 Å². The molecule has 1 heterocycles. The van der Waals surface area contributed by atoms with Crippen molar-refractivity contribution in [2.24, 2.45) is 0 Å². The highest BCUT2D eigenvalue weighted by molar-refractivity contribution is 14.1. The van der Waals surface area contributed by atoms with Crippen LogP contribution in [0.25, 0.3) is 0 Å². The van der Waals surface area contributed by atoms with Crippen molar-refractivity contribution in [1.29, 1.82) is 0 Å². The normalized spacial score (nSPS) is 10.1. The van der Waals surface area contributed by atoms with Crippen molar-refractivity contribution in [2.75, 3.05) is 7.11 Å². The Morgan fingerprint density at radius 1 is 1.24 bits per heavy atom. The number of rotatable bonds is 3. The largest absolute Gasteiger partial charge is 0.495 e. The van der Waals surface area contributed by atoms with E-state index in [-0.39, 0.29) is 0 Å². The zero-order valence-electron chi connectivity index (χ0n) is 8.98. The number of hydrogen-bond donors (Lipinski definition) is 0. The molecule has 0 aliphatic heterocycles. The number of nitrogens with zero attached hydrogens (tertiary/aromatic N) is 1. The van der Waals surface area contributed by atoms with Crippen LogP contribution in [0.1, 0.15) is 0 Å². The van der Waals surface area contributed by atoms with Crippen LogP contribution in [0.3, 0.4) is 0 Å². The van der Waals surface area contributed by atoms with Crippen LogP contribution in [0, 0.1) is 3.57 Å². The molecule has 0 radical (unpaired) electrons. The van der Waals surface area contributed by atoms with Gasteiger partial charge in [-0.25, -0.2) is 4.98 Å². The van der Waals surface area contributed by atoms with E-state index < -0.39 is 0 Å². The van der Waals surface area contributed by atoms with Gasteiger partial charge in [-0.1, -0.05) is 11.6 Å². The van der Waals surface area contributed by atoms with E-state index in [0.29, 0.717) is 22.4 Å². The molecule has 1 aromatic carbocycles. The third-order valence-electron chi connectivity index (χ3n) is 2.04. The van der Waals surface area contributed by atoms with E-state index in [4.69, 9.17) is 21.1 Å². The van der Waals surface area contributed by atoms with Crippen LogP contribution in [-0.4, -0.2) is 12.1 Å². The van der Waals surface area contributed by atoms with E-state index in [1.807, 2.05) is 12.1 Å². The second-order valence-corrected chi connectivity index (χ2v) is 4.86. The molecule has 3 nitrogen and oxygen atoms in total. The molecular weight excluding hydrogens is 352 g/mol. The minimum absolute atomic E-state index is 0.543. The van der Waals surface area contributed by atoms with Crippen LogP contribution < -0.4 is 9.47 Å². The maximum atomic E-state index is 5.93. The predicted octanol–water partition coefficient (Wildman–Crippen LogP) is 4.14. The summed E-state index contributed by atoms with van der Waals surface area (Å²) >= 11 is 8.13. The molecular formula is C12H9ClINO2. The Morgan fingerprint density at radius 3 is 2.76 bits per heavy atom. The third-order valence-corrected chi connectivity index (χ3v) is 3.03. The zero-order valence-corrected chi connectivity index (χ0v) is 11.9. The number of aromatic nitrogens is 1. The van der Waals surface area contributed by atoms with Crippen molar-refractivity contribution in [1.82, 2.24) is 4.98 Å². The first-order valence-corrected chi connectivity index (χ1v) is 6.27. The highest BCUT2D eigenvalue weighted by Gasteiger charge is 2.04. The Labute approximate surface area is 118 Å². The third kappa shape index (κ3) is 3.23. The van der Waals surface area contributed by atoms with Crippen molar-refractivity contribution < 1.29 is 9.47 Å². The summed E-state index contributed by atoms with van der Waals surface area (Å²) in [6, 6.07) is 8.97. The fourth-order valence-electron chi connectivity index (χ4n) is 1.27. The molecule has 5 heteroatoms. The number of methoxy groups -OCH3 is 1. The quantitative estimate of drug-likeness (QED) is 0.770. The summed E-state index contributed by atoms with van der Waals surface area (Å²) in [5.74, 6) is 1.76. The molecule has 0 saturated heterocycles. The molecule has 0 amide bonds. The minimum Gasteiger partial charge on any atom is -0.495 e. The average Bonchev–Trinajstić information content (AvgIpc) is 2.32. The Morgan fingerprint density at radius 2 is 2.06 bits per heavy atom. The first-order chi connectivity index (χ1) is 8.19. The van der Waals surface area contributed by atoms with E-state index >= 15 is 0 Å². The molecule has 0 N–H and O–H groups in total. The van der Waals surface area contributed by atoms with E-state index in [1.165, 1.54) is 0 Å². The Bertz CT molecular complexity index is 534. The standard InChI is InChI=1S/C12H9ClINO2/c1-16-11-7-9(2-3-10(11)13)17-12-6-8(14)4-5-15-12/h2-7H,1H3. The summed E-state index contributed by atoms with van der Waals surface area (Å²) in [7, 11) is 1.56. The predicted molar refractivity (Wildman–Crippen MR) is 75.0 cm³/mol. The van der Waals surface area contributed by atoms with Crippen LogP contribution in [0.4, 0.5) is 0 Å². The highest BCUT2D eigenvalue weighted by atomic mass is 127. The summed E-state index contributed by atoms with van der Waals surface area (Å²) in [4.78, 5) is 4.11. The van der Waals surface area contributed by atoms with Crippen LogP contribution in [0.2, 0.25) is 5.02 Å². The van der Waals surface area contributed by atoms with Crippen LogP contribution in [-0.2, 0) is 0 Å². The SMILES string of the molecule is COc1cc(Oc2cc(I)ccn2)ccc1Cl. The Kier molecular flexibility index (Phi) is 4.06. The van der Waals surface area contributed by atoms with Crippen molar-refractivity contribution in [3.05, 3.63) is 45.1 Å². The maximum Gasteiger partial charge on any atom is 0.220 e. The van der Waals surface area contributed by atoms with Gasteiger partial charge in [0.2, 0.25) is 5.88 Å².